The Morgan fingerprint density at radius 2 is 1.81 bits per heavy atom. The molecular weight excluding hydrogens is 496 g/mol. The zero-order valence-corrected chi connectivity index (χ0v) is 20.2. The first-order chi connectivity index (χ1) is 17.9. The molecule has 10 nitrogen and oxygen atoms in total. The van der Waals surface area contributed by atoms with Gasteiger partial charge in [0.1, 0.15) is 24.1 Å². The first kappa shape index (κ1) is 24.4. The number of ether oxygens (including phenoxy) is 1. The second-order valence-corrected chi connectivity index (χ2v) is 9.93. The van der Waals surface area contributed by atoms with Crippen molar-refractivity contribution in [1.29, 1.82) is 0 Å². The quantitative estimate of drug-likeness (QED) is 0.208. The van der Waals surface area contributed by atoms with E-state index in [4.69, 9.17) is 4.74 Å². The largest absolute Gasteiger partial charge is 0.459 e. The van der Waals surface area contributed by atoms with Crippen molar-refractivity contribution in [3.8, 4) is 0 Å². The number of fused-ring (bicyclic) bond motifs is 1. The van der Waals surface area contributed by atoms with Crippen LogP contribution in [0.1, 0.15) is 21.9 Å². The molecule has 0 spiro atoms. The lowest BCUT2D eigenvalue weighted by Crippen LogP contribution is -2.70. The van der Waals surface area contributed by atoms with Crippen molar-refractivity contribution in [2.75, 3.05) is 0 Å². The standard InChI is InChI=1S/C26H22N4O6S/c31-20(13-16-5-2-1-3-6-16)28-21-24(32)29-22(23(37-25(21)29)18-7-4-12-27-14-18)26(33)36-15-17-8-10-19(11-9-17)30(34)35/h1-12,14,21-23,25H,13,15H2,(H,28,31)/t21-,22-,23+,25-/m1/s1. The molecule has 3 aromatic rings. The Balaban J connectivity index is 1.29. The van der Waals surface area contributed by atoms with Crippen LogP contribution < -0.4 is 5.32 Å². The summed E-state index contributed by atoms with van der Waals surface area (Å²) >= 11 is 1.41. The van der Waals surface area contributed by atoms with Crippen LogP contribution in [0.15, 0.2) is 79.1 Å². The second-order valence-electron chi connectivity index (χ2n) is 8.66. The van der Waals surface area contributed by atoms with E-state index in [2.05, 4.69) is 10.3 Å². The highest BCUT2D eigenvalue weighted by molar-refractivity contribution is 8.00. The molecular formula is C26H22N4O6S. The zero-order valence-electron chi connectivity index (χ0n) is 19.4. The molecule has 4 atom stereocenters. The average molecular weight is 519 g/mol. The topological polar surface area (TPSA) is 132 Å². The summed E-state index contributed by atoms with van der Waals surface area (Å²) in [7, 11) is 0. The number of carbonyl (C=O) groups is 3. The number of nitrogens with zero attached hydrogens (tertiary/aromatic N) is 3. The van der Waals surface area contributed by atoms with Crippen LogP contribution >= 0.6 is 11.8 Å². The molecule has 0 unspecified atom stereocenters. The number of esters is 1. The number of non-ortho nitro benzene ring substituents is 1. The minimum Gasteiger partial charge on any atom is -0.459 e. The summed E-state index contributed by atoms with van der Waals surface area (Å²) in [6, 6.07) is 16.9. The molecule has 5 rings (SSSR count). The van der Waals surface area contributed by atoms with Crippen molar-refractivity contribution in [2.45, 2.75) is 35.7 Å². The fraction of sp³-hybridized carbons (Fsp3) is 0.231. The minimum atomic E-state index is -0.896. The average Bonchev–Trinajstić information content (AvgIpc) is 3.28. The van der Waals surface area contributed by atoms with Gasteiger partial charge in [0.25, 0.3) is 5.69 Å². The molecule has 2 aliphatic rings. The number of rotatable bonds is 8. The Morgan fingerprint density at radius 1 is 1.05 bits per heavy atom. The van der Waals surface area contributed by atoms with E-state index in [0.29, 0.717) is 5.56 Å². The number of amides is 2. The van der Waals surface area contributed by atoms with Gasteiger partial charge in [-0.05, 0) is 34.9 Å². The van der Waals surface area contributed by atoms with Crippen LogP contribution in [0.2, 0.25) is 0 Å². The van der Waals surface area contributed by atoms with E-state index in [1.54, 1.807) is 18.5 Å². The van der Waals surface area contributed by atoms with Crippen molar-refractivity contribution in [1.82, 2.24) is 15.2 Å². The highest BCUT2D eigenvalue weighted by Crippen LogP contribution is 2.52. The summed E-state index contributed by atoms with van der Waals surface area (Å²) in [4.78, 5) is 54.9. The van der Waals surface area contributed by atoms with Gasteiger partial charge in [0.05, 0.1) is 16.6 Å². The number of benzene rings is 2. The Hall–Kier alpha value is -4.25. The van der Waals surface area contributed by atoms with E-state index in [1.807, 2.05) is 36.4 Å². The number of pyridine rings is 1. The summed E-state index contributed by atoms with van der Waals surface area (Å²) in [6.07, 6.45) is 3.42. The van der Waals surface area contributed by atoms with E-state index in [1.165, 1.54) is 40.9 Å². The molecule has 2 fully saturated rings. The third-order valence-electron chi connectivity index (χ3n) is 6.26. The summed E-state index contributed by atoms with van der Waals surface area (Å²) in [5, 5.41) is 12.8. The highest BCUT2D eigenvalue weighted by Gasteiger charge is 2.61. The third-order valence-corrected chi connectivity index (χ3v) is 7.86. The normalized spacial score (nSPS) is 22.1. The minimum absolute atomic E-state index is 0.0618. The fourth-order valence-electron chi connectivity index (χ4n) is 4.43. The van der Waals surface area contributed by atoms with E-state index in [-0.39, 0.29) is 30.5 Å². The Kier molecular flexibility index (Phi) is 6.87. The highest BCUT2D eigenvalue weighted by atomic mass is 32.2. The number of β-lactam (4-membered cyclic amide) rings is 1. The van der Waals surface area contributed by atoms with Crippen LogP contribution in [0.3, 0.4) is 0 Å². The predicted octanol–water partition coefficient (Wildman–Crippen LogP) is 2.79. The van der Waals surface area contributed by atoms with Gasteiger partial charge in [-0.15, -0.1) is 11.8 Å². The van der Waals surface area contributed by atoms with Crippen LogP contribution in [0.25, 0.3) is 0 Å². The van der Waals surface area contributed by atoms with Gasteiger partial charge in [-0.3, -0.25) is 24.7 Å². The summed E-state index contributed by atoms with van der Waals surface area (Å²) in [5.41, 5.74) is 2.12. The van der Waals surface area contributed by atoms with E-state index >= 15 is 0 Å². The first-order valence-corrected chi connectivity index (χ1v) is 12.5. The van der Waals surface area contributed by atoms with Crippen LogP contribution in [0.5, 0.6) is 0 Å². The molecule has 2 aliphatic heterocycles. The zero-order chi connectivity index (χ0) is 25.9. The second kappa shape index (κ2) is 10.4. The van der Waals surface area contributed by atoms with Gasteiger partial charge in [0, 0.05) is 24.5 Å². The lowest BCUT2D eigenvalue weighted by Gasteiger charge is -2.43. The molecule has 2 aromatic carbocycles. The SMILES string of the molecule is O=C(Cc1ccccc1)N[C@@H]1C(=O)N2[C@@H]1S[C@@H](c1cccnc1)[C@@H]2C(=O)OCc1ccc([N+](=O)[O-])cc1. The van der Waals surface area contributed by atoms with Gasteiger partial charge in [-0.2, -0.15) is 0 Å². The number of nitrogens with one attached hydrogen (secondary N) is 1. The number of aromatic nitrogens is 1. The lowest BCUT2D eigenvalue weighted by atomic mass is 9.98. The lowest BCUT2D eigenvalue weighted by molar-refractivity contribution is -0.384. The molecule has 2 saturated heterocycles. The maximum Gasteiger partial charge on any atom is 0.330 e. The number of nitro groups is 1. The fourth-order valence-corrected chi connectivity index (χ4v) is 6.13. The molecule has 1 N–H and O–H groups in total. The molecule has 0 bridgehead atoms. The number of hydrogen-bond donors (Lipinski definition) is 1. The molecule has 0 radical (unpaired) electrons. The van der Waals surface area contributed by atoms with Gasteiger partial charge < -0.3 is 15.0 Å². The molecule has 37 heavy (non-hydrogen) atoms. The number of thioether (sulfide) groups is 1. The van der Waals surface area contributed by atoms with Gasteiger partial charge in [0.15, 0.2) is 0 Å². The van der Waals surface area contributed by atoms with Crippen LogP contribution in [-0.4, -0.2) is 50.0 Å². The van der Waals surface area contributed by atoms with Crippen LogP contribution in [0.4, 0.5) is 5.69 Å². The monoisotopic (exact) mass is 518 g/mol. The Bertz CT molecular complexity index is 1320. The number of carbonyl (C=O) groups excluding carboxylic acids is 3. The third kappa shape index (κ3) is 5.03. The van der Waals surface area contributed by atoms with E-state index in [0.717, 1.165) is 11.1 Å². The maximum absolute atomic E-state index is 13.2. The molecule has 188 valence electrons. The number of nitro benzene ring substituents is 1. The van der Waals surface area contributed by atoms with Gasteiger partial charge >= 0.3 is 5.97 Å². The van der Waals surface area contributed by atoms with Crippen molar-refractivity contribution in [3.63, 3.8) is 0 Å². The van der Waals surface area contributed by atoms with Crippen molar-refractivity contribution >= 4 is 35.2 Å². The van der Waals surface area contributed by atoms with Crippen LogP contribution in [-0.2, 0) is 32.1 Å². The Morgan fingerprint density at radius 3 is 2.49 bits per heavy atom. The molecule has 3 heterocycles. The van der Waals surface area contributed by atoms with E-state index in [9.17, 15) is 24.5 Å². The van der Waals surface area contributed by atoms with E-state index < -0.39 is 33.6 Å². The first-order valence-electron chi connectivity index (χ1n) is 11.5. The molecule has 1 aromatic heterocycles. The van der Waals surface area contributed by atoms with Gasteiger partial charge in [-0.1, -0.05) is 36.4 Å². The molecule has 2 amide bonds. The van der Waals surface area contributed by atoms with Gasteiger partial charge in [-0.25, -0.2) is 4.79 Å². The number of hydrogen-bond acceptors (Lipinski definition) is 8. The summed E-state index contributed by atoms with van der Waals surface area (Å²) in [5.74, 6) is -1.21. The smallest absolute Gasteiger partial charge is 0.330 e. The van der Waals surface area contributed by atoms with Crippen molar-refractivity contribution in [2.24, 2.45) is 0 Å². The molecule has 0 aliphatic carbocycles. The van der Waals surface area contributed by atoms with Crippen LogP contribution in [0, 0.1) is 10.1 Å². The molecule has 0 saturated carbocycles. The predicted molar refractivity (Wildman–Crippen MR) is 134 cm³/mol. The van der Waals surface area contributed by atoms with Crippen molar-refractivity contribution in [3.05, 3.63) is 106 Å². The maximum atomic E-state index is 13.2. The Labute approximate surface area is 216 Å². The summed E-state index contributed by atoms with van der Waals surface area (Å²) < 4.78 is 5.54. The summed E-state index contributed by atoms with van der Waals surface area (Å²) in [6.45, 7) is -0.0955. The van der Waals surface area contributed by atoms with Crippen molar-refractivity contribution < 1.29 is 24.0 Å². The molecule has 11 heteroatoms. The van der Waals surface area contributed by atoms with Gasteiger partial charge in [0.2, 0.25) is 11.8 Å².